The van der Waals surface area contributed by atoms with Gasteiger partial charge in [-0.1, -0.05) is 12.1 Å². The minimum atomic E-state index is -0.482. The van der Waals surface area contributed by atoms with Crippen LogP contribution < -0.4 is 5.32 Å². The van der Waals surface area contributed by atoms with Crippen LogP contribution in [0.1, 0.15) is 25.5 Å². The molecule has 0 spiro atoms. The van der Waals surface area contributed by atoms with Crippen LogP contribution in [-0.2, 0) is 9.53 Å². The Morgan fingerprint density at radius 3 is 2.57 bits per heavy atom. The van der Waals surface area contributed by atoms with Gasteiger partial charge < -0.3 is 15.0 Å². The SMILES string of the molecule is CCOC(=O)C1=C(C)N(C)C(=O)N[C@@H]1c1ccc(I)cc1. The van der Waals surface area contributed by atoms with Gasteiger partial charge >= 0.3 is 12.0 Å². The van der Waals surface area contributed by atoms with E-state index < -0.39 is 12.0 Å². The van der Waals surface area contributed by atoms with Gasteiger partial charge in [-0.3, -0.25) is 0 Å². The van der Waals surface area contributed by atoms with Gasteiger partial charge in [0.25, 0.3) is 0 Å². The van der Waals surface area contributed by atoms with Crippen molar-refractivity contribution in [2.75, 3.05) is 13.7 Å². The summed E-state index contributed by atoms with van der Waals surface area (Å²) in [6.07, 6.45) is 0. The lowest BCUT2D eigenvalue weighted by molar-refractivity contribution is -0.139. The number of nitrogens with zero attached hydrogens (tertiary/aromatic N) is 1. The maximum Gasteiger partial charge on any atom is 0.338 e. The first-order valence-electron chi connectivity index (χ1n) is 6.63. The van der Waals surface area contributed by atoms with Crippen LogP contribution in [0.25, 0.3) is 0 Å². The molecule has 0 unspecified atom stereocenters. The summed E-state index contributed by atoms with van der Waals surface area (Å²) >= 11 is 2.21. The summed E-state index contributed by atoms with van der Waals surface area (Å²) in [5.41, 5.74) is 1.94. The Labute approximate surface area is 137 Å². The summed E-state index contributed by atoms with van der Waals surface area (Å²) in [5, 5.41) is 2.85. The summed E-state index contributed by atoms with van der Waals surface area (Å²) < 4.78 is 6.23. The molecule has 0 bridgehead atoms. The van der Waals surface area contributed by atoms with Crippen LogP contribution in [0.5, 0.6) is 0 Å². The maximum absolute atomic E-state index is 12.3. The highest BCUT2D eigenvalue weighted by Gasteiger charge is 2.34. The molecule has 6 heteroatoms. The third-order valence-corrected chi connectivity index (χ3v) is 4.17. The Morgan fingerprint density at radius 1 is 1.38 bits per heavy atom. The maximum atomic E-state index is 12.3. The Bertz CT molecular complexity index is 595. The molecule has 1 aliphatic rings. The molecule has 0 saturated heterocycles. The van der Waals surface area contributed by atoms with E-state index in [4.69, 9.17) is 4.74 Å². The van der Waals surface area contributed by atoms with Gasteiger partial charge in [-0.2, -0.15) is 0 Å². The molecule has 1 aliphatic heterocycles. The van der Waals surface area contributed by atoms with E-state index in [0.717, 1.165) is 9.13 Å². The van der Waals surface area contributed by atoms with Gasteiger partial charge in [0.05, 0.1) is 18.2 Å². The highest BCUT2D eigenvalue weighted by molar-refractivity contribution is 14.1. The van der Waals surface area contributed by atoms with Gasteiger partial charge in [-0.25, -0.2) is 9.59 Å². The molecular weight excluding hydrogens is 383 g/mol. The van der Waals surface area contributed by atoms with Gasteiger partial charge in [0, 0.05) is 16.3 Å². The van der Waals surface area contributed by atoms with Crippen LogP contribution in [0, 0.1) is 3.57 Å². The molecule has 0 fully saturated rings. The summed E-state index contributed by atoms with van der Waals surface area (Å²) in [7, 11) is 1.63. The first-order valence-corrected chi connectivity index (χ1v) is 7.71. The zero-order chi connectivity index (χ0) is 15.6. The van der Waals surface area contributed by atoms with Gasteiger partial charge in [0.1, 0.15) is 0 Å². The molecule has 21 heavy (non-hydrogen) atoms. The predicted octanol–water partition coefficient (Wildman–Crippen LogP) is 2.82. The van der Waals surface area contributed by atoms with E-state index in [1.807, 2.05) is 24.3 Å². The number of esters is 1. The molecule has 1 heterocycles. The molecule has 1 aromatic carbocycles. The number of nitrogens with one attached hydrogen (secondary N) is 1. The number of allylic oxidation sites excluding steroid dienone is 1. The van der Waals surface area contributed by atoms with E-state index in [2.05, 4.69) is 27.9 Å². The van der Waals surface area contributed by atoms with E-state index in [-0.39, 0.29) is 6.03 Å². The number of halogens is 1. The van der Waals surface area contributed by atoms with Gasteiger partial charge in [0.2, 0.25) is 0 Å². The number of hydrogen-bond acceptors (Lipinski definition) is 3. The molecule has 112 valence electrons. The van der Waals surface area contributed by atoms with Crippen molar-refractivity contribution in [2.45, 2.75) is 19.9 Å². The summed E-state index contributed by atoms with van der Waals surface area (Å²) in [6, 6.07) is 6.99. The first-order chi connectivity index (χ1) is 9.95. The van der Waals surface area contributed by atoms with Crippen molar-refractivity contribution in [3.05, 3.63) is 44.7 Å². The van der Waals surface area contributed by atoms with Gasteiger partial charge in [-0.15, -0.1) is 0 Å². The number of rotatable bonds is 3. The lowest BCUT2D eigenvalue weighted by Gasteiger charge is -2.33. The second-order valence-corrected chi connectivity index (χ2v) is 5.96. The quantitative estimate of drug-likeness (QED) is 0.627. The van der Waals surface area contributed by atoms with Crippen molar-refractivity contribution in [2.24, 2.45) is 0 Å². The van der Waals surface area contributed by atoms with E-state index in [0.29, 0.717) is 17.9 Å². The molecule has 1 N–H and O–H groups in total. The summed E-state index contributed by atoms with van der Waals surface area (Å²) in [4.78, 5) is 25.7. The second-order valence-electron chi connectivity index (χ2n) is 4.71. The Morgan fingerprint density at radius 2 is 2.00 bits per heavy atom. The number of carbonyl (C=O) groups is 2. The number of carbonyl (C=O) groups excluding carboxylic acids is 2. The Hall–Kier alpha value is -1.57. The van der Waals surface area contributed by atoms with Crippen LogP contribution in [0.4, 0.5) is 4.79 Å². The normalized spacial score (nSPS) is 18.6. The molecule has 0 saturated carbocycles. The fourth-order valence-electron chi connectivity index (χ4n) is 2.21. The zero-order valence-corrected chi connectivity index (χ0v) is 14.3. The van der Waals surface area contributed by atoms with E-state index >= 15 is 0 Å². The molecule has 2 amide bonds. The molecule has 0 aromatic heterocycles. The largest absolute Gasteiger partial charge is 0.463 e. The lowest BCUT2D eigenvalue weighted by atomic mass is 9.95. The molecule has 2 rings (SSSR count). The predicted molar refractivity (Wildman–Crippen MR) is 87.5 cm³/mol. The van der Waals surface area contributed by atoms with Gasteiger partial charge in [0.15, 0.2) is 0 Å². The number of hydrogen-bond donors (Lipinski definition) is 1. The molecule has 1 aromatic rings. The van der Waals surface area contributed by atoms with Crippen LogP contribution in [0.3, 0.4) is 0 Å². The third-order valence-electron chi connectivity index (χ3n) is 3.45. The highest BCUT2D eigenvalue weighted by Crippen LogP contribution is 2.30. The zero-order valence-electron chi connectivity index (χ0n) is 12.1. The van der Waals surface area contributed by atoms with E-state index in [1.54, 1.807) is 20.9 Å². The minimum Gasteiger partial charge on any atom is -0.463 e. The second kappa shape index (κ2) is 6.46. The van der Waals surface area contributed by atoms with Crippen molar-refractivity contribution in [1.82, 2.24) is 10.2 Å². The first kappa shape index (κ1) is 15.8. The highest BCUT2D eigenvalue weighted by atomic mass is 127. The number of urea groups is 1. The number of ether oxygens (including phenoxy) is 1. The van der Waals surface area contributed by atoms with Crippen molar-refractivity contribution in [1.29, 1.82) is 0 Å². The number of amides is 2. The monoisotopic (exact) mass is 400 g/mol. The van der Waals surface area contributed by atoms with Crippen LogP contribution >= 0.6 is 22.6 Å². The molecule has 0 radical (unpaired) electrons. The summed E-state index contributed by atoms with van der Waals surface area (Å²) in [6.45, 7) is 3.82. The Balaban J connectivity index is 2.48. The van der Waals surface area contributed by atoms with Crippen LogP contribution in [-0.4, -0.2) is 30.6 Å². The topological polar surface area (TPSA) is 58.6 Å². The van der Waals surface area contributed by atoms with Crippen molar-refractivity contribution < 1.29 is 14.3 Å². The van der Waals surface area contributed by atoms with Crippen molar-refractivity contribution >= 4 is 34.6 Å². The van der Waals surface area contributed by atoms with Gasteiger partial charge in [-0.05, 0) is 54.1 Å². The molecule has 1 atom stereocenters. The van der Waals surface area contributed by atoms with Crippen molar-refractivity contribution in [3.63, 3.8) is 0 Å². The number of benzene rings is 1. The standard InChI is InChI=1S/C15H17IN2O3/c1-4-21-14(19)12-9(2)18(3)15(20)17-13(12)10-5-7-11(16)8-6-10/h5-8,13H,4H2,1-3H3,(H,17,20)/t13-/m1/s1. The van der Waals surface area contributed by atoms with Crippen LogP contribution in [0.15, 0.2) is 35.5 Å². The van der Waals surface area contributed by atoms with Crippen LogP contribution in [0.2, 0.25) is 0 Å². The lowest BCUT2D eigenvalue weighted by Crippen LogP contribution is -2.46. The fourth-order valence-corrected chi connectivity index (χ4v) is 2.57. The molecule has 5 nitrogen and oxygen atoms in total. The molecule has 0 aliphatic carbocycles. The third kappa shape index (κ3) is 3.20. The average molecular weight is 400 g/mol. The Kier molecular flexibility index (Phi) is 4.87. The fraction of sp³-hybridized carbons (Fsp3) is 0.333. The van der Waals surface area contributed by atoms with Crippen molar-refractivity contribution in [3.8, 4) is 0 Å². The van der Waals surface area contributed by atoms with E-state index in [1.165, 1.54) is 4.90 Å². The van der Waals surface area contributed by atoms with E-state index in [9.17, 15) is 9.59 Å². The average Bonchev–Trinajstić information content (AvgIpc) is 2.45. The molecular formula is C15H17IN2O3. The summed E-state index contributed by atoms with van der Waals surface area (Å²) in [5.74, 6) is -0.398. The minimum absolute atomic E-state index is 0.232. The smallest absolute Gasteiger partial charge is 0.338 e.